The first-order chi connectivity index (χ1) is 10.5. The molecular formula is C15H20N2O5. The van der Waals surface area contributed by atoms with Crippen LogP contribution in [0.2, 0.25) is 0 Å². The molecule has 22 heavy (non-hydrogen) atoms. The molecule has 0 aromatic heterocycles. The van der Waals surface area contributed by atoms with E-state index in [-0.39, 0.29) is 12.3 Å². The molecule has 1 saturated heterocycles. The van der Waals surface area contributed by atoms with Crippen LogP contribution in [0.4, 0.5) is 0 Å². The van der Waals surface area contributed by atoms with E-state index < -0.39 is 12.0 Å². The molecular weight excluding hydrogens is 288 g/mol. The Kier molecular flexibility index (Phi) is 5.21. The van der Waals surface area contributed by atoms with Crippen LogP contribution in [0.1, 0.15) is 12.0 Å². The fourth-order valence-corrected chi connectivity index (χ4v) is 2.70. The number of hydrogen-bond donors (Lipinski definition) is 2. The van der Waals surface area contributed by atoms with Gasteiger partial charge in [0.15, 0.2) is 17.5 Å². The summed E-state index contributed by atoms with van der Waals surface area (Å²) in [5, 5.41) is 13.6. The van der Waals surface area contributed by atoms with Crippen LogP contribution in [-0.4, -0.2) is 45.2 Å². The van der Waals surface area contributed by atoms with Crippen molar-refractivity contribution in [3.63, 3.8) is 0 Å². The monoisotopic (exact) mass is 308 g/mol. The number of quaternary nitrogens is 1. The summed E-state index contributed by atoms with van der Waals surface area (Å²) in [6, 6.07) is 4.89. The van der Waals surface area contributed by atoms with Crippen molar-refractivity contribution in [3.05, 3.63) is 23.8 Å². The molecule has 2 atom stereocenters. The Hall–Kier alpha value is -2.28. The number of carbonyl (C=O) groups excluding carboxylic acids is 2. The predicted molar refractivity (Wildman–Crippen MR) is 75.5 cm³/mol. The minimum absolute atomic E-state index is 0.245. The first-order valence-electron chi connectivity index (χ1n) is 7.08. The van der Waals surface area contributed by atoms with Gasteiger partial charge in [0.05, 0.1) is 27.3 Å². The van der Waals surface area contributed by atoms with Crippen molar-refractivity contribution in [2.24, 2.45) is 0 Å². The molecule has 0 spiro atoms. The van der Waals surface area contributed by atoms with Crippen molar-refractivity contribution in [1.82, 2.24) is 5.32 Å². The Balaban J connectivity index is 2.16. The number of carboxylic acids is 1. The molecule has 1 aliphatic heterocycles. The highest BCUT2D eigenvalue weighted by Crippen LogP contribution is 2.27. The average Bonchev–Trinajstić information content (AvgIpc) is 2.50. The summed E-state index contributed by atoms with van der Waals surface area (Å²) in [5.74, 6) is -0.223. The fourth-order valence-electron chi connectivity index (χ4n) is 2.70. The summed E-state index contributed by atoms with van der Waals surface area (Å²) in [7, 11) is 3.12. The molecule has 0 radical (unpaired) electrons. The van der Waals surface area contributed by atoms with Crippen LogP contribution in [0.25, 0.3) is 0 Å². The second kappa shape index (κ2) is 7.13. The maximum atomic E-state index is 11.9. The molecule has 7 nitrogen and oxygen atoms in total. The van der Waals surface area contributed by atoms with E-state index in [0.29, 0.717) is 31.1 Å². The summed E-state index contributed by atoms with van der Waals surface area (Å²) < 4.78 is 10.5. The zero-order valence-corrected chi connectivity index (χ0v) is 12.7. The van der Waals surface area contributed by atoms with E-state index in [1.54, 1.807) is 20.3 Å². The SMILES string of the molecule is COc1ccc(C[NH+]2CCNC(=O)[C@@H]2CC(=O)[O-])cc1OC. The largest absolute Gasteiger partial charge is 0.550 e. The van der Waals surface area contributed by atoms with Gasteiger partial charge in [-0.2, -0.15) is 0 Å². The quantitative estimate of drug-likeness (QED) is 0.618. The van der Waals surface area contributed by atoms with E-state index in [4.69, 9.17) is 9.47 Å². The second-order valence-electron chi connectivity index (χ2n) is 5.19. The third kappa shape index (κ3) is 3.67. The third-order valence-electron chi connectivity index (χ3n) is 3.80. The average molecular weight is 308 g/mol. The molecule has 1 fully saturated rings. The lowest BCUT2D eigenvalue weighted by Gasteiger charge is -2.32. The molecule has 1 aromatic carbocycles. The highest BCUT2D eigenvalue weighted by molar-refractivity contribution is 5.84. The first kappa shape index (κ1) is 16.1. The minimum atomic E-state index is -1.22. The molecule has 0 aliphatic carbocycles. The second-order valence-corrected chi connectivity index (χ2v) is 5.19. The third-order valence-corrected chi connectivity index (χ3v) is 3.80. The number of methoxy groups -OCH3 is 2. The van der Waals surface area contributed by atoms with Crippen molar-refractivity contribution in [2.45, 2.75) is 19.0 Å². The normalized spacial score (nSPS) is 21.1. The van der Waals surface area contributed by atoms with E-state index >= 15 is 0 Å². The Labute approximate surface area is 128 Å². The van der Waals surface area contributed by atoms with Gasteiger partial charge in [0, 0.05) is 18.0 Å². The van der Waals surface area contributed by atoms with Crippen molar-refractivity contribution in [1.29, 1.82) is 0 Å². The number of rotatable bonds is 6. The number of piperazine rings is 1. The van der Waals surface area contributed by atoms with Gasteiger partial charge in [0.25, 0.3) is 5.91 Å². The Morgan fingerprint density at radius 1 is 1.36 bits per heavy atom. The smallest absolute Gasteiger partial charge is 0.278 e. The van der Waals surface area contributed by atoms with Crippen LogP contribution in [-0.2, 0) is 16.1 Å². The predicted octanol–water partition coefficient (Wildman–Crippen LogP) is -2.27. The van der Waals surface area contributed by atoms with Gasteiger partial charge in [-0.3, -0.25) is 4.79 Å². The van der Waals surface area contributed by atoms with Crippen LogP contribution in [0.15, 0.2) is 18.2 Å². The summed E-state index contributed by atoms with van der Waals surface area (Å²) >= 11 is 0. The molecule has 7 heteroatoms. The van der Waals surface area contributed by atoms with Crippen LogP contribution >= 0.6 is 0 Å². The van der Waals surface area contributed by atoms with Gasteiger partial charge < -0.3 is 29.6 Å². The maximum absolute atomic E-state index is 11.9. The number of carboxylic acid groups (broad SMARTS) is 1. The van der Waals surface area contributed by atoms with Gasteiger partial charge in [-0.15, -0.1) is 0 Å². The molecule has 0 saturated carbocycles. The van der Waals surface area contributed by atoms with Gasteiger partial charge >= 0.3 is 0 Å². The summed E-state index contributed by atoms with van der Waals surface area (Å²) in [4.78, 5) is 23.6. The minimum Gasteiger partial charge on any atom is -0.550 e. The molecule has 1 amide bonds. The number of benzene rings is 1. The zero-order chi connectivity index (χ0) is 16.1. The lowest BCUT2D eigenvalue weighted by Crippen LogP contribution is -3.18. The summed E-state index contributed by atoms with van der Waals surface area (Å²) in [6.07, 6.45) is -0.283. The zero-order valence-electron chi connectivity index (χ0n) is 12.7. The van der Waals surface area contributed by atoms with Crippen molar-refractivity contribution in [2.75, 3.05) is 27.3 Å². The molecule has 1 aromatic rings. The molecule has 1 heterocycles. The molecule has 1 unspecified atom stereocenters. The highest BCUT2D eigenvalue weighted by atomic mass is 16.5. The Morgan fingerprint density at radius 3 is 2.73 bits per heavy atom. The van der Waals surface area contributed by atoms with Crippen LogP contribution < -0.4 is 24.8 Å². The van der Waals surface area contributed by atoms with Crippen molar-refractivity contribution < 1.29 is 29.1 Å². The highest BCUT2D eigenvalue weighted by Gasteiger charge is 2.33. The van der Waals surface area contributed by atoms with Crippen molar-refractivity contribution >= 4 is 11.9 Å². The number of carbonyl (C=O) groups is 2. The number of hydrogen-bond acceptors (Lipinski definition) is 5. The lowest BCUT2D eigenvalue weighted by atomic mass is 10.1. The van der Waals surface area contributed by atoms with Crippen LogP contribution in [0.3, 0.4) is 0 Å². The van der Waals surface area contributed by atoms with Crippen LogP contribution in [0.5, 0.6) is 11.5 Å². The Bertz CT molecular complexity index is 561. The standard InChI is InChI=1S/C15H20N2O5/c1-21-12-4-3-10(7-13(12)22-2)9-17-6-5-16-15(20)11(17)8-14(18)19/h3-4,7,11H,5-6,8-9H2,1-2H3,(H,16,20)(H,18,19)/t11-/m0/s1. The van der Waals surface area contributed by atoms with E-state index in [9.17, 15) is 14.7 Å². The first-order valence-corrected chi connectivity index (χ1v) is 7.08. The number of aliphatic carboxylic acids is 1. The number of nitrogens with one attached hydrogen (secondary N) is 2. The number of amides is 1. The topological polar surface area (TPSA) is 92.1 Å². The van der Waals surface area contributed by atoms with E-state index in [0.717, 1.165) is 10.5 Å². The Morgan fingerprint density at radius 2 is 2.09 bits per heavy atom. The summed E-state index contributed by atoms with van der Waals surface area (Å²) in [5.41, 5.74) is 0.950. The molecule has 0 bridgehead atoms. The number of ether oxygens (including phenoxy) is 2. The molecule has 2 rings (SSSR count). The van der Waals surface area contributed by atoms with Gasteiger partial charge in [-0.05, 0) is 18.2 Å². The maximum Gasteiger partial charge on any atom is 0.278 e. The lowest BCUT2D eigenvalue weighted by molar-refractivity contribution is -0.930. The van der Waals surface area contributed by atoms with Crippen LogP contribution in [0, 0.1) is 0 Å². The van der Waals surface area contributed by atoms with Gasteiger partial charge in [0.2, 0.25) is 0 Å². The van der Waals surface area contributed by atoms with Crippen molar-refractivity contribution in [3.8, 4) is 11.5 Å². The van der Waals surface area contributed by atoms with E-state index in [1.807, 2.05) is 12.1 Å². The van der Waals surface area contributed by atoms with Gasteiger partial charge in [0.1, 0.15) is 6.54 Å². The van der Waals surface area contributed by atoms with Gasteiger partial charge in [-0.1, -0.05) is 0 Å². The molecule has 120 valence electrons. The molecule has 1 aliphatic rings. The van der Waals surface area contributed by atoms with Gasteiger partial charge in [-0.25, -0.2) is 0 Å². The molecule has 2 N–H and O–H groups in total. The summed E-state index contributed by atoms with van der Waals surface area (Å²) in [6.45, 7) is 1.73. The van der Waals surface area contributed by atoms with E-state index in [1.165, 1.54) is 0 Å². The fraction of sp³-hybridized carbons (Fsp3) is 0.467. The van der Waals surface area contributed by atoms with E-state index in [2.05, 4.69) is 5.32 Å².